The Labute approximate surface area is 142 Å². The molecule has 0 radical (unpaired) electrons. The van der Waals surface area contributed by atoms with Crippen molar-refractivity contribution >= 4 is 11.9 Å². The first kappa shape index (κ1) is 17.0. The third kappa shape index (κ3) is 2.81. The largest absolute Gasteiger partial charge is 0.481 e. The quantitative estimate of drug-likeness (QED) is 0.760. The summed E-state index contributed by atoms with van der Waals surface area (Å²) in [7, 11) is 0. The summed E-state index contributed by atoms with van der Waals surface area (Å²) in [5.41, 5.74) is 1.82. The number of ether oxygens (including phenoxy) is 1. The number of carboxylic acid groups (broad SMARTS) is 1. The molecule has 2 bridgehead atoms. The Morgan fingerprint density at radius 1 is 1.42 bits per heavy atom. The lowest BCUT2D eigenvalue weighted by Gasteiger charge is -2.21. The summed E-state index contributed by atoms with van der Waals surface area (Å²) < 4.78 is 5.87. The Hall–Kier alpha value is -1.88. The van der Waals surface area contributed by atoms with E-state index < -0.39 is 29.5 Å². The van der Waals surface area contributed by atoms with E-state index in [1.54, 1.807) is 11.0 Å². The van der Waals surface area contributed by atoms with Crippen LogP contribution in [0.3, 0.4) is 0 Å². The molecule has 0 aromatic carbocycles. The molecule has 3 rings (SSSR count). The normalized spacial score (nSPS) is 34.0. The van der Waals surface area contributed by atoms with Gasteiger partial charge in [0.2, 0.25) is 5.91 Å². The van der Waals surface area contributed by atoms with E-state index in [0.29, 0.717) is 13.1 Å². The van der Waals surface area contributed by atoms with E-state index in [4.69, 9.17) is 4.74 Å². The number of amides is 1. The van der Waals surface area contributed by atoms with Gasteiger partial charge in [-0.15, -0.1) is 0 Å². The van der Waals surface area contributed by atoms with E-state index in [1.165, 1.54) is 11.1 Å². The van der Waals surface area contributed by atoms with Crippen molar-refractivity contribution in [1.82, 2.24) is 4.90 Å². The van der Waals surface area contributed by atoms with Crippen LogP contribution in [0, 0.1) is 11.8 Å². The molecule has 2 saturated heterocycles. The van der Waals surface area contributed by atoms with Crippen LogP contribution >= 0.6 is 0 Å². The number of allylic oxidation sites excluding steroid dienone is 3. The number of hydrogen-bond acceptors (Lipinski definition) is 3. The Kier molecular flexibility index (Phi) is 4.38. The number of nitrogens with zero attached hydrogens (tertiary/aromatic N) is 1. The molecule has 3 heterocycles. The number of carbonyl (C=O) groups excluding carboxylic acids is 1. The molecule has 3 aliphatic rings. The van der Waals surface area contributed by atoms with E-state index in [1.807, 2.05) is 6.08 Å². The van der Waals surface area contributed by atoms with Crippen LogP contribution < -0.4 is 0 Å². The van der Waals surface area contributed by atoms with E-state index >= 15 is 0 Å². The second-order valence-electron chi connectivity index (χ2n) is 7.33. The third-order valence-corrected chi connectivity index (χ3v) is 5.22. The van der Waals surface area contributed by atoms with Crippen molar-refractivity contribution in [3.05, 3.63) is 35.5 Å². The summed E-state index contributed by atoms with van der Waals surface area (Å²) >= 11 is 0. The molecule has 1 amide bonds. The molecule has 0 aliphatic carbocycles. The second-order valence-corrected chi connectivity index (χ2v) is 7.33. The smallest absolute Gasteiger partial charge is 0.310 e. The molecule has 0 unspecified atom stereocenters. The van der Waals surface area contributed by atoms with Gasteiger partial charge in [0, 0.05) is 6.54 Å². The zero-order valence-corrected chi connectivity index (χ0v) is 14.5. The predicted molar refractivity (Wildman–Crippen MR) is 90.4 cm³/mol. The van der Waals surface area contributed by atoms with Gasteiger partial charge in [-0.25, -0.2) is 0 Å². The number of carboxylic acids is 1. The lowest BCUT2D eigenvalue weighted by atomic mass is 9.77. The highest BCUT2D eigenvalue weighted by Crippen LogP contribution is 2.51. The van der Waals surface area contributed by atoms with Gasteiger partial charge < -0.3 is 14.7 Å². The van der Waals surface area contributed by atoms with Crippen LogP contribution in [-0.4, -0.2) is 46.7 Å². The van der Waals surface area contributed by atoms with Crippen LogP contribution in [0.4, 0.5) is 0 Å². The molecule has 1 spiro atoms. The highest BCUT2D eigenvalue weighted by atomic mass is 16.5. The number of rotatable bonds is 6. The molecular formula is C19H25NO4. The molecule has 5 heteroatoms. The van der Waals surface area contributed by atoms with Gasteiger partial charge >= 0.3 is 5.97 Å². The Balaban J connectivity index is 1.66. The topological polar surface area (TPSA) is 66.8 Å². The minimum Gasteiger partial charge on any atom is -0.481 e. The SMILES string of the molecule is CC(C)=CCC/C(C)=C/CN1C[C@]23C=C[C@@H](O2)[C@@H](C(=O)O)[C@@H]3C1=O. The summed E-state index contributed by atoms with van der Waals surface area (Å²) in [5, 5.41) is 9.44. The van der Waals surface area contributed by atoms with Gasteiger partial charge in [0.1, 0.15) is 11.5 Å². The van der Waals surface area contributed by atoms with Crippen molar-refractivity contribution in [1.29, 1.82) is 0 Å². The standard InChI is InChI=1S/C19H25NO4/c1-12(2)5-4-6-13(3)8-10-20-11-19-9-7-14(24-19)15(18(22)23)16(19)17(20)21/h5,7-9,14-16H,4,6,10-11H2,1-3H3,(H,22,23)/b13-8+/t14-,15-,16-,19+/m1/s1. The molecule has 24 heavy (non-hydrogen) atoms. The first-order chi connectivity index (χ1) is 11.3. The monoisotopic (exact) mass is 331 g/mol. The highest BCUT2D eigenvalue weighted by Gasteiger charge is 2.66. The molecule has 0 aromatic heterocycles. The van der Waals surface area contributed by atoms with Gasteiger partial charge in [-0.1, -0.05) is 35.5 Å². The fourth-order valence-corrected chi connectivity index (χ4v) is 3.97. The number of likely N-dealkylation sites (tertiary alicyclic amines) is 1. The zero-order chi connectivity index (χ0) is 17.5. The van der Waals surface area contributed by atoms with Crippen molar-refractivity contribution < 1.29 is 19.4 Å². The highest BCUT2D eigenvalue weighted by molar-refractivity contribution is 5.90. The Morgan fingerprint density at radius 2 is 2.17 bits per heavy atom. The summed E-state index contributed by atoms with van der Waals surface area (Å²) in [6, 6.07) is 0. The minimum absolute atomic E-state index is 0.0948. The fraction of sp³-hybridized carbons (Fsp3) is 0.579. The van der Waals surface area contributed by atoms with Crippen LogP contribution in [0.15, 0.2) is 35.5 Å². The maximum Gasteiger partial charge on any atom is 0.310 e. The van der Waals surface area contributed by atoms with Crippen molar-refractivity contribution in [2.75, 3.05) is 13.1 Å². The molecule has 5 nitrogen and oxygen atoms in total. The number of carbonyl (C=O) groups is 2. The van der Waals surface area contributed by atoms with Crippen LogP contribution in [0.5, 0.6) is 0 Å². The molecule has 0 aromatic rings. The second kappa shape index (κ2) is 6.20. The lowest BCUT2D eigenvalue weighted by Crippen LogP contribution is -2.39. The van der Waals surface area contributed by atoms with Crippen molar-refractivity contribution in [3.8, 4) is 0 Å². The molecule has 0 saturated carbocycles. The number of hydrogen-bond donors (Lipinski definition) is 1. The van der Waals surface area contributed by atoms with Crippen LogP contribution in [0.1, 0.15) is 33.6 Å². The van der Waals surface area contributed by atoms with E-state index in [0.717, 1.165) is 12.8 Å². The number of aliphatic carboxylic acids is 1. The first-order valence-corrected chi connectivity index (χ1v) is 8.52. The molecule has 1 N–H and O–H groups in total. The van der Waals surface area contributed by atoms with Crippen molar-refractivity contribution in [2.45, 2.75) is 45.3 Å². The molecule has 3 aliphatic heterocycles. The average Bonchev–Trinajstić information content (AvgIpc) is 3.13. The van der Waals surface area contributed by atoms with Gasteiger partial charge in [0.25, 0.3) is 0 Å². The van der Waals surface area contributed by atoms with Crippen LogP contribution in [0.25, 0.3) is 0 Å². The summed E-state index contributed by atoms with van der Waals surface area (Å²) in [5.74, 6) is -2.37. The molecule has 4 atom stereocenters. The third-order valence-electron chi connectivity index (χ3n) is 5.22. The predicted octanol–water partition coefficient (Wildman–Crippen LogP) is 2.55. The summed E-state index contributed by atoms with van der Waals surface area (Å²) in [6.07, 6.45) is 9.48. The molecule has 2 fully saturated rings. The van der Waals surface area contributed by atoms with Crippen LogP contribution in [-0.2, 0) is 14.3 Å². The summed E-state index contributed by atoms with van der Waals surface area (Å²) in [6.45, 7) is 7.21. The zero-order valence-electron chi connectivity index (χ0n) is 14.5. The first-order valence-electron chi connectivity index (χ1n) is 8.52. The van der Waals surface area contributed by atoms with Gasteiger partial charge in [0.15, 0.2) is 0 Å². The van der Waals surface area contributed by atoms with Gasteiger partial charge in [-0.2, -0.15) is 0 Å². The maximum atomic E-state index is 12.7. The van der Waals surface area contributed by atoms with Gasteiger partial charge in [0.05, 0.1) is 18.6 Å². The average molecular weight is 331 g/mol. The van der Waals surface area contributed by atoms with E-state index in [9.17, 15) is 14.7 Å². The maximum absolute atomic E-state index is 12.7. The Morgan fingerprint density at radius 3 is 2.83 bits per heavy atom. The van der Waals surface area contributed by atoms with Gasteiger partial charge in [-0.3, -0.25) is 9.59 Å². The van der Waals surface area contributed by atoms with Crippen molar-refractivity contribution in [3.63, 3.8) is 0 Å². The van der Waals surface area contributed by atoms with E-state index in [-0.39, 0.29) is 5.91 Å². The van der Waals surface area contributed by atoms with Gasteiger partial charge in [-0.05, 0) is 33.6 Å². The molecule has 130 valence electrons. The summed E-state index contributed by atoms with van der Waals surface area (Å²) in [4.78, 5) is 26.0. The molecular weight excluding hydrogens is 306 g/mol. The fourth-order valence-electron chi connectivity index (χ4n) is 3.97. The lowest BCUT2D eigenvalue weighted by molar-refractivity contribution is -0.147. The van der Waals surface area contributed by atoms with Crippen LogP contribution in [0.2, 0.25) is 0 Å². The number of fused-ring (bicyclic) bond motifs is 1. The van der Waals surface area contributed by atoms with Crippen molar-refractivity contribution in [2.24, 2.45) is 11.8 Å². The Bertz CT molecular complexity index is 644. The minimum atomic E-state index is -0.945. The van der Waals surface area contributed by atoms with E-state index in [2.05, 4.69) is 32.9 Å².